The van der Waals surface area contributed by atoms with Gasteiger partial charge >= 0.3 is 5.97 Å². The number of pyridine rings is 1. The first-order valence-corrected chi connectivity index (χ1v) is 26.1. The van der Waals surface area contributed by atoms with E-state index in [1.54, 1.807) is 14.2 Å². The maximum Gasteiger partial charge on any atom is 0.324 e. The number of ether oxygens (including phenoxy) is 5. The van der Waals surface area contributed by atoms with Gasteiger partial charge in [0, 0.05) is 98.7 Å². The summed E-state index contributed by atoms with van der Waals surface area (Å²) in [6, 6.07) is 7.74. The van der Waals surface area contributed by atoms with Crippen LogP contribution in [0.2, 0.25) is 0 Å². The minimum atomic E-state index is -0.941. The van der Waals surface area contributed by atoms with Crippen LogP contribution in [-0.2, 0) is 46.2 Å². The number of thiazole rings is 1. The molecule has 8 heterocycles. The Morgan fingerprint density at radius 3 is 2.50 bits per heavy atom. The first-order chi connectivity index (χ1) is 32.8. The molecule has 368 valence electrons. The third-order valence-electron chi connectivity index (χ3n) is 15.7. The fraction of sp³-hybridized carbons (Fsp3) is 0.654. The summed E-state index contributed by atoms with van der Waals surface area (Å²) in [5, 5.41) is 5.49. The summed E-state index contributed by atoms with van der Waals surface area (Å²) in [5.41, 5.74) is 17.8. The maximum atomic E-state index is 14.3. The number of hydrogen-bond donors (Lipinski definition) is 2. The summed E-state index contributed by atoms with van der Waals surface area (Å²) in [5.74, 6) is -0.242. The van der Waals surface area contributed by atoms with Crippen molar-refractivity contribution < 1.29 is 33.3 Å². The van der Waals surface area contributed by atoms with Gasteiger partial charge < -0.3 is 38.9 Å². The summed E-state index contributed by atoms with van der Waals surface area (Å²) in [6.07, 6.45) is 10.4. The molecule has 4 atom stereocenters. The summed E-state index contributed by atoms with van der Waals surface area (Å²) >= 11 is 1.53. The number of benzene rings is 1. The van der Waals surface area contributed by atoms with E-state index in [0.717, 1.165) is 94.5 Å². The Balaban J connectivity index is 1.12. The third-order valence-corrected chi connectivity index (χ3v) is 16.6. The zero-order valence-corrected chi connectivity index (χ0v) is 41.8. The smallest absolute Gasteiger partial charge is 0.324 e. The van der Waals surface area contributed by atoms with Crippen LogP contribution in [0.3, 0.4) is 0 Å². The number of piperidine rings is 1. The Labute approximate surface area is 405 Å². The molecule has 4 saturated heterocycles. The molecule has 3 N–H and O–H groups in total. The van der Waals surface area contributed by atoms with Gasteiger partial charge in [0.25, 0.3) is 5.91 Å². The van der Waals surface area contributed by atoms with Crippen LogP contribution < -0.4 is 11.2 Å². The Morgan fingerprint density at radius 2 is 1.76 bits per heavy atom. The van der Waals surface area contributed by atoms with E-state index < -0.39 is 23.5 Å². The van der Waals surface area contributed by atoms with Gasteiger partial charge in [-0.05, 0) is 120 Å². The largest absolute Gasteiger partial charge is 0.464 e. The second-order valence-corrected chi connectivity index (χ2v) is 22.3. The zero-order valence-electron chi connectivity index (χ0n) is 41.0. The number of nitrogens with zero attached hydrogens (tertiary/aromatic N) is 6. The van der Waals surface area contributed by atoms with E-state index in [4.69, 9.17) is 39.4 Å². The van der Waals surface area contributed by atoms with Crippen molar-refractivity contribution in [3.05, 3.63) is 57.7 Å². The lowest BCUT2D eigenvalue weighted by Gasteiger charge is -2.51. The lowest BCUT2D eigenvalue weighted by Crippen LogP contribution is -2.66. The molecule has 1 saturated carbocycles. The van der Waals surface area contributed by atoms with Crippen LogP contribution in [0.1, 0.15) is 119 Å². The predicted octanol–water partition coefficient (Wildman–Crippen LogP) is 6.78. The fourth-order valence-corrected chi connectivity index (χ4v) is 12.4. The molecule has 10 rings (SSSR count). The Morgan fingerprint density at radius 1 is 0.985 bits per heavy atom. The minimum Gasteiger partial charge on any atom is -0.464 e. The number of carbonyl (C=O) groups excluding carboxylic acids is 2. The summed E-state index contributed by atoms with van der Waals surface area (Å²) < 4.78 is 33.0. The minimum absolute atomic E-state index is 0.150. The lowest BCUT2D eigenvalue weighted by atomic mass is 9.83. The van der Waals surface area contributed by atoms with Crippen LogP contribution in [0.25, 0.3) is 33.4 Å². The molecule has 68 heavy (non-hydrogen) atoms. The molecule has 0 radical (unpaired) electrons. The van der Waals surface area contributed by atoms with Crippen molar-refractivity contribution in [2.75, 3.05) is 73.4 Å². The lowest BCUT2D eigenvalue weighted by molar-refractivity contribution is -0.157. The summed E-state index contributed by atoms with van der Waals surface area (Å²) in [7, 11) is 3.48. The first kappa shape index (κ1) is 47.8. The second kappa shape index (κ2) is 19.7. The van der Waals surface area contributed by atoms with E-state index in [-0.39, 0.29) is 36.3 Å². The average Bonchev–Trinajstić information content (AvgIpc) is 4.02. The van der Waals surface area contributed by atoms with Gasteiger partial charge in [-0.1, -0.05) is 19.9 Å². The highest BCUT2D eigenvalue weighted by Crippen LogP contribution is 2.45. The van der Waals surface area contributed by atoms with Crippen LogP contribution in [0, 0.1) is 5.41 Å². The third kappa shape index (κ3) is 9.78. The molecule has 4 aromatic rings. The number of esters is 1. The molecule has 1 aliphatic carbocycles. The summed E-state index contributed by atoms with van der Waals surface area (Å²) in [6.45, 7) is 15.1. The molecule has 0 unspecified atom stereocenters. The maximum absolute atomic E-state index is 14.3. The van der Waals surface area contributed by atoms with E-state index in [0.29, 0.717) is 71.2 Å². The zero-order chi connectivity index (χ0) is 47.3. The Hall–Kier alpha value is -3.84. The van der Waals surface area contributed by atoms with Gasteiger partial charge in [0.05, 0.1) is 54.1 Å². The number of rotatable bonds is 11. The van der Waals surface area contributed by atoms with E-state index >= 15 is 0 Å². The molecule has 16 heteroatoms. The van der Waals surface area contributed by atoms with E-state index in [2.05, 4.69) is 83.3 Å². The average molecular weight is 953 g/mol. The second-order valence-electron chi connectivity index (χ2n) is 21.4. The molecule has 6 bridgehead atoms. The van der Waals surface area contributed by atoms with Gasteiger partial charge in [-0.2, -0.15) is 0 Å². The van der Waals surface area contributed by atoms with Crippen molar-refractivity contribution in [3.63, 3.8) is 0 Å². The number of carbonyl (C=O) groups is 2. The molecule has 1 amide bonds. The Bertz CT molecular complexity index is 2450. The quantitative estimate of drug-likeness (QED) is 0.152. The van der Waals surface area contributed by atoms with Crippen LogP contribution in [0.15, 0.2) is 35.8 Å². The highest BCUT2D eigenvalue weighted by atomic mass is 32.1. The van der Waals surface area contributed by atoms with Crippen molar-refractivity contribution in [3.8, 4) is 22.5 Å². The van der Waals surface area contributed by atoms with Crippen molar-refractivity contribution >= 4 is 34.1 Å². The Kier molecular flexibility index (Phi) is 13.9. The number of hydrazine groups is 1. The molecule has 0 spiro atoms. The molecule has 5 fully saturated rings. The van der Waals surface area contributed by atoms with E-state index in [9.17, 15) is 9.59 Å². The standard InChI is InChI=1S/C52H72N8O7S/c1-32(63-5)45-39(25-35(27-54-45)33-13-18-57(19-14-33)36-10-11-36)46-40-26-51(2,3)31-67-50(62)41-8-7-17-60(56-41)49(61)44(53)47(58-29-52(4,30-58)64-6)48-55-42(28-68-48)34-9-12-43(38(40)24-34)59(46)20-23-66-37-15-21-65-22-16-37/h9,12,24-25,27-28,32-33,36-37,41,44,47,56H,7-8,10-11,13-23,26,29-31,53H2,1-6H3/t32-,41-,44-,47-/m0/s1. The summed E-state index contributed by atoms with van der Waals surface area (Å²) in [4.78, 5) is 43.9. The number of nitrogens with one attached hydrogen (secondary N) is 1. The topological polar surface area (TPSA) is 159 Å². The van der Waals surface area contributed by atoms with Crippen molar-refractivity contribution in [1.29, 1.82) is 0 Å². The van der Waals surface area contributed by atoms with E-state index in [1.807, 2.05) is 0 Å². The van der Waals surface area contributed by atoms with Gasteiger partial charge in [0.2, 0.25) is 0 Å². The van der Waals surface area contributed by atoms with Crippen LogP contribution in [-0.4, -0.2) is 144 Å². The van der Waals surface area contributed by atoms with Crippen molar-refractivity contribution in [2.24, 2.45) is 11.1 Å². The van der Waals surface area contributed by atoms with Gasteiger partial charge in [0.15, 0.2) is 0 Å². The van der Waals surface area contributed by atoms with Crippen molar-refractivity contribution in [2.45, 2.75) is 140 Å². The predicted molar refractivity (Wildman–Crippen MR) is 262 cm³/mol. The van der Waals surface area contributed by atoms with Crippen LogP contribution in [0.4, 0.5) is 0 Å². The highest BCUT2D eigenvalue weighted by Gasteiger charge is 2.48. The number of aromatic nitrogens is 3. The fourth-order valence-electron chi connectivity index (χ4n) is 11.4. The first-order valence-electron chi connectivity index (χ1n) is 25.2. The SMILES string of the molecule is CO[C@@H](C)c1ncc(C2CCN(C3CC3)CC2)cc1-c1c2c3cc(ccc3n1CCOC1CCOCC1)-c1csc(n1)[C@@H](N1CC(C)(OC)C1)[C@H](N)C(=O)N1CCC[C@H](N1)C(=O)OCC(C)(C)C2. The highest BCUT2D eigenvalue weighted by molar-refractivity contribution is 7.10. The molecule has 1 aromatic carbocycles. The number of hydrogen-bond acceptors (Lipinski definition) is 14. The molecule has 5 aliphatic heterocycles. The number of methoxy groups -OCH3 is 2. The van der Waals surface area contributed by atoms with Gasteiger partial charge in [-0.25, -0.2) is 10.4 Å². The van der Waals surface area contributed by atoms with Crippen LogP contribution in [0.5, 0.6) is 0 Å². The number of nitrogens with two attached hydrogens (primary N) is 1. The van der Waals surface area contributed by atoms with Gasteiger partial charge in [0.1, 0.15) is 17.1 Å². The van der Waals surface area contributed by atoms with Crippen molar-refractivity contribution in [1.82, 2.24) is 34.8 Å². The number of likely N-dealkylation sites (tertiary alicyclic amines) is 2. The number of fused-ring (bicyclic) bond motifs is 6. The molecule has 3 aromatic heterocycles. The van der Waals surface area contributed by atoms with Gasteiger partial charge in [-0.3, -0.25) is 24.5 Å². The molecular formula is C52H72N8O7S. The molecule has 6 aliphatic rings. The number of amides is 1. The van der Waals surface area contributed by atoms with Gasteiger partial charge in [-0.15, -0.1) is 11.3 Å². The number of cyclic esters (lactones) is 1. The molecule has 15 nitrogen and oxygen atoms in total. The van der Waals surface area contributed by atoms with Crippen LogP contribution >= 0.6 is 11.3 Å². The normalized spacial score (nSPS) is 26.1. The molecular weight excluding hydrogens is 881 g/mol. The van der Waals surface area contributed by atoms with E-state index in [1.165, 1.54) is 34.8 Å². The monoisotopic (exact) mass is 953 g/mol.